The van der Waals surface area contributed by atoms with Crippen LogP contribution in [0.4, 0.5) is 5.69 Å². The monoisotopic (exact) mass is 736 g/mol. The van der Waals surface area contributed by atoms with Crippen molar-refractivity contribution in [3.63, 3.8) is 0 Å². The first-order valence-electron chi connectivity index (χ1n) is 16.6. The first kappa shape index (κ1) is 41.2. The van der Waals surface area contributed by atoms with E-state index in [0.29, 0.717) is 82.1 Å². The first-order chi connectivity index (χ1) is 24.3. The number of nitrogens with zero attached hydrogens (tertiary/aromatic N) is 2. The number of ketones is 1. The predicted octanol–water partition coefficient (Wildman–Crippen LogP) is 2.17. The third kappa shape index (κ3) is 13.2. The van der Waals surface area contributed by atoms with E-state index in [0.717, 1.165) is 35.5 Å². The molecule has 1 atom stereocenters. The Hall–Kier alpha value is -3.22. The Morgan fingerprint density at radius 3 is 1.96 bits per heavy atom. The number of anilines is 1. The van der Waals surface area contributed by atoms with Crippen LogP contribution in [0, 0.1) is 11.8 Å². The number of carbonyl (C=O) groups is 3. The summed E-state index contributed by atoms with van der Waals surface area (Å²) < 4.78 is 20.8. The average molecular weight is 737 g/mol. The van der Waals surface area contributed by atoms with Gasteiger partial charge in [-0.1, -0.05) is 24.3 Å². The summed E-state index contributed by atoms with van der Waals surface area (Å²) in [5.41, 5.74) is 2.47. The van der Waals surface area contributed by atoms with Crippen LogP contribution in [0.25, 0.3) is 5.57 Å². The Kier molecular flexibility index (Phi) is 19.2. The van der Waals surface area contributed by atoms with Crippen LogP contribution >= 0.6 is 24.1 Å². The molecule has 0 radical (unpaired) electrons. The molecule has 0 fully saturated rings. The van der Waals surface area contributed by atoms with Gasteiger partial charge >= 0.3 is 11.9 Å². The molecule has 0 saturated heterocycles. The van der Waals surface area contributed by atoms with Crippen molar-refractivity contribution in [2.75, 3.05) is 55.8 Å². The molecular formula is C34H44N2O12S2-2. The lowest BCUT2D eigenvalue weighted by Crippen LogP contribution is -2.41. The van der Waals surface area contributed by atoms with Crippen molar-refractivity contribution in [3.8, 4) is 0 Å². The van der Waals surface area contributed by atoms with E-state index >= 15 is 0 Å². The van der Waals surface area contributed by atoms with E-state index in [9.17, 15) is 30.0 Å². The number of hydrogen-bond acceptors (Lipinski definition) is 15. The van der Waals surface area contributed by atoms with Crippen molar-refractivity contribution in [1.29, 1.82) is 0 Å². The zero-order valence-corrected chi connectivity index (χ0v) is 29.9. The molecule has 0 spiro atoms. The SMILES string of the molecule is CCOC(=O)CCCN(CCCSOO[O-])c1ccc(C2=C([O-])C(C3C=CC(=[N+](CCCSOO[O-])CCCC(=O)OCC)C=C3)C2=O)cc1. The average Bonchev–Trinajstić information content (AvgIpc) is 3.11. The molecule has 2 aliphatic rings. The van der Waals surface area contributed by atoms with E-state index in [-0.39, 0.29) is 47.8 Å². The Bertz CT molecular complexity index is 1350. The van der Waals surface area contributed by atoms with Gasteiger partial charge in [0.1, 0.15) is 13.1 Å². The lowest BCUT2D eigenvalue weighted by Gasteiger charge is -2.40. The molecule has 3 rings (SSSR count). The van der Waals surface area contributed by atoms with Crippen molar-refractivity contribution < 1.29 is 62.8 Å². The Balaban J connectivity index is 1.67. The standard InChI is InChI=1S/C34H46N2O12S2/c1-3-43-29(37)9-5-19-35(21-7-23-49-47-45-41)27-15-11-25(12-16-27)31-33(39)32(34(31)40)26-13-17-28(18-14-26)36(22-8-24-50-48-46-42)20-6-10-30(38)44-4-2/h11-18,25,31H,3-10,19-24H2,1-2H3,(H2-,39,41,42)/p-2. The van der Waals surface area contributed by atoms with Gasteiger partial charge in [-0.3, -0.25) is 24.5 Å². The predicted molar refractivity (Wildman–Crippen MR) is 181 cm³/mol. The van der Waals surface area contributed by atoms with Gasteiger partial charge in [-0.05, 0) is 44.4 Å². The Morgan fingerprint density at radius 2 is 1.38 bits per heavy atom. The molecule has 0 N–H and O–H groups in total. The summed E-state index contributed by atoms with van der Waals surface area (Å²) >= 11 is 1.82. The summed E-state index contributed by atoms with van der Waals surface area (Å²) in [4.78, 5) is 39.1. The van der Waals surface area contributed by atoms with E-state index in [4.69, 9.17) is 9.47 Å². The van der Waals surface area contributed by atoms with Crippen molar-refractivity contribution in [3.05, 3.63) is 59.9 Å². The van der Waals surface area contributed by atoms with E-state index in [1.165, 1.54) is 0 Å². The quantitative estimate of drug-likeness (QED) is 0.0355. The van der Waals surface area contributed by atoms with Crippen molar-refractivity contribution in [2.45, 2.75) is 52.4 Å². The molecule has 0 aromatic heterocycles. The lowest BCUT2D eigenvalue weighted by molar-refractivity contribution is -0.777. The summed E-state index contributed by atoms with van der Waals surface area (Å²) in [6.45, 7) is 6.56. The van der Waals surface area contributed by atoms with Gasteiger partial charge in [-0.15, -0.1) is 5.76 Å². The van der Waals surface area contributed by atoms with Crippen LogP contribution in [0.3, 0.4) is 0 Å². The minimum atomic E-state index is -0.797. The topological polar surface area (TPSA) is 182 Å². The molecule has 0 saturated carbocycles. The van der Waals surface area contributed by atoms with Gasteiger partial charge in [-0.2, -0.15) is 8.67 Å². The second kappa shape index (κ2) is 23.3. The summed E-state index contributed by atoms with van der Waals surface area (Å²) in [6.07, 6.45) is 10.6. The van der Waals surface area contributed by atoms with Gasteiger partial charge in [0.25, 0.3) is 0 Å². The molecule has 50 heavy (non-hydrogen) atoms. The highest BCUT2D eigenvalue weighted by atomic mass is 32.2. The highest BCUT2D eigenvalue weighted by Gasteiger charge is 2.38. The third-order valence-corrected chi connectivity index (χ3v) is 9.21. The summed E-state index contributed by atoms with van der Waals surface area (Å²) in [5.74, 6) is -1.09. The fourth-order valence-electron chi connectivity index (χ4n) is 5.69. The van der Waals surface area contributed by atoms with Gasteiger partial charge < -0.3 is 30.0 Å². The second-order valence-corrected chi connectivity index (χ2v) is 12.8. The van der Waals surface area contributed by atoms with Gasteiger partial charge in [-0.25, -0.2) is 4.58 Å². The molecule has 16 heteroatoms. The van der Waals surface area contributed by atoms with Crippen molar-refractivity contribution >= 4 is 58.8 Å². The van der Waals surface area contributed by atoms with Crippen LogP contribution in [-0.4, -0.2) is 78.9 Å². The van der Waals surface area contributed by atoms with E-state index in [2.05, 4.69) is 28.2 Å². The normalized spacial score (nSPS) is 16.8. The highest BCUT2D eigenvalue weighted by molar-refractivity contribution is 7.94. The van der Waals surface area contributed by atoms with Crippen molar-refractivity contribution in [2.24, 2.45) is 11.8 Å². The van der Waals surface area contributed by atoms with Crippen LogP contribution in [0.5, 0.6) is 0 Å². The van der Waals surface area contributed by atoms with Crippen molar-refractivity contribution in [1.82, 2.24) is 0 Å². The summed E-state index contributed by atoms with van der Waals surface area (Å²) in [6, 6.07) is 7.22. The largest absolute Gasteiger partial charge is 0.874 e. The van der Waals surface area contributed by atoms with Crippen LogP contribution in [-0.2, 0) is 42.6 Å². The summed E-state index contributed by atoms with van der Waals surface area (Å²) in [5, 5.41) is 40.2. The number of esters is 2. The third-order valence-electron chi connectivity index (χ3n) is 8.00. The van der Waals surface area contributed by atoms with Gasteiger partial charge in [0.05, 0.1) is 19.6 Å². The number of Topliss-reactive ketones (excluding diaryl/α,β-unsaturated/α-hetero) is 1. The van der Waals surface area contributed by atoms with Gasteiger partial charge in [0.2, 0.25) is 0 Å². The molecule has 276 valence electrons. The van der Waals surface area contributed by atoms with E-state index in [1.807, 2.05) is 36.4 Å². The van der Waals surface area contributed by atoms with E-state index < -0.39 is 5.92 Å². The lowest BCUT2D eigenvalue weighted by atomic mass is 9.71. The fourth-order valence-corrected chi connectivity index (χ4v) is 6.40. The molecule has 1 aromatic rings. The molecule has 14 nitrogen and oxygen atoms in total. The zero-order valence-electron chi connectivity index (χ0n) is 28.3. The molecule has 1 unspecified atom stereocenters. The van der Waals surface area contributed by atoms with Gasteiger partial charge in [0.15, 0.2) is 11.5 Å². The number of benzene rings is 1. The Labute approximate surface area is 300 Å². The number of allylic oxidation sites excluding steroid dienone is 6. The molecule has 0 bridgehead atoms. The highest BCUT2D eigenvalue weighted by Crippen LogP contribution is 2.41. The molecule has 0 amide bonds. The van der Waals surface area contributed by atoms with Crippen LogP contribution in [0.15, 0.2) is 54.3 Å². The maximum absolute atomic E-state index is 13.3. The molecule has 1 aromatic carbocycles. The maximum Gasteiger partial charge on any atom is 0.306 e. The smallest absolute Gasteiger partial charge is 0.306 e. The van der Waals surface area contributed by atoms with Crippen LogP contribution in [0.2, 0.25) is 0 Å². The van der Waals surface area contributed by atoms with Crippen LogP contribution in [0.1, 0.15) is 57.9 Å². The molecule has 0 aliphatic heterocycles. The molecule has 2 aliphatic carbocycles. The van der Waals surface area contributed by atoms with E-state index in [1.54, 1.807) is 26.0 Å². The fraction of sp³-hybridized carbons (Fsp3) is 0.529. The minimum absolute atomic E-state index is 0.181. The maximum atomic E-state index is 13.3. The molecule has 0 heterocycles. The number of hydrogen-bond donors (Lipinski definition) is 0. The Morgan fingerprint density at radius 1 is 0.820 bits per heavy atom. The number of ether oxygens (including phenoxy) is 2. The summed E-state index contributed by atoms with van der Waals surface area (Å²) in [7, 11) is 0. The number of rotatable bonds is 25. The molecular weight excluding hydrogens is 693 g/mol. The zero-order chi connectivity index (χ0) is 36.1. The first-order valence-corrected chi connectivity index (χ1v) is 18.4. The van der Waals surface area contributed by atoms with Crippen LogP contribution < -0.4 is 20.5 Å². The number of carbonyl (C=O) groups excluding carboxylic acids is 3. The minimum Gasteiger partial charge on any atom is -0.874 e. The van der Waals surface area contributed by atoms with Gasteiger partial charge in [0, 0.05) is 103 Å². The second-order valence-electron chi connectivity index (χ2n) is 11.3.